The van der Waals surface area contributed by atoms with Crippen LogP contribution in [0.5, 0.6) is 0 Å². The normalized spacial score (nSPS) is 21.7. The van der Waals surface area contributed by atoms with E-state index < -0.39 is 0 Å². The van der Waals surface area contributed by atoms with Crippen molar-refractivity contribution in [3.05, 3.63) is 40.9 Å². The molecule has 3 unspecified atom stereocenters. The molecule has 1 aliphatic rings. The molecule has 0 bridgehead atoms. The monoisotopic (exact) mass is 343 g/mol. The standard InChI is InChI=1S/C19H25N3OS/c1-12-17(24-18(21-12)14-7-5-4-6-8-14)13(2)22(3)19(23)15-9-10-16(20)11-15/h4-8,13,15-16H,9-11,20H2,1-3H3. The number of benzene rings is 1. The average molecular weight is 343 g/mol. The topological polar surface area (TPSA) is 59.2 Å². The Morgan fingerprint density at radius 2 is 2.04 bits per heavy atom. The van der Waals surface area contributed by atoms with E-state index in [4.69, 9.17) is 10.7 Å². The van der Waals surface area contributed by atoms with Crippen molar-refractivity contribution in [3.63, 3.8) is 0 Å². The Hall–Kier alpha value is -1.72. The fraction of sp³-hybridized carbons (Fsp3) is 0.474. The second-order valence-corrected chi connectivity index (χ2v) is 7.76. The molecule has 3 rings (SSSR count). The third-order valence-electron chi connectivity index (χ3n) is 4.98. The number of nitrogens with two attached hydrogens (primary N) is 1. The maximum Gasteiger partial charge on any atom is 0.226 e. The van der Waals surface area contributed by atoms with E-state index in [1.165, 1.54) is 0 Å². The van der Waals surface area contributed by atoms with E-state index in [2.05, 4.69) is 19.1 Å². The number of thiazole rings is 1. The number of amides is 1. The number of carbonyl (C=O) groups excluding carboxylic acids is 1. The van der Waals surface area contributed by atoms with Gasteiger partial charge in [-0.2, -0.15) is 0 Å². The second-order valence-electron chi connectivity index (χ2n) is 6.73. The fourth-order valence-corrected chi connectivity index (χ4v) is 4.56. The first-order valence-electron chi connectivity index (χ1n) is 8.52. The summed E-state index contributed by atoms with van der Waals surface area (Å²) in [7, 11) is 1.90. The molecular formula is C19H25N3OS. The van der Waals surface area contributed by atoms with Crippen molar-refractivity contribution < 1.29 is 4.79 Å². The molecule has 1 aromatic carbocycles. The molecule has 1 amide bonds. The van der Waals surface area contributed by atoms with Gasteiger partial charge >= 0.3 is 0 Å². The molecule has 1 aliphatic carbocycles. The summed E-state index contributed by atoms with van der Waals surface area (Å²) in [5.74, 6) is 0.291. The SMILES string of the molecule is Cc1nc(-c2ccccc2)sc1C(C)N(C)C(=O)C1CCC(N)C1. The van der Waals surface area contributed by atoms with Crippen molar-refractivity contribution in [2.24, 2.45) is 11.7 Å². The van der Waals surface area contributed by atoms with Crippen LogP contribution in [0, 0.1) is 12.8 Å². The Morgan fingerprint density at radius 1 is 1.33 bits per heavy atom. The molecule has 24 heavy (non-hydrogen) atoms. The van der Waals surface area contributed by atoms with Crippen molar-refractivity contribution in [3.8, 4) is 10.6 Å². The highest BCUT2D eigenvalue weighted by molar-refractivity contribution is 7.15. The molecule has 1 fully saturated rings. The molecule has 1 heterocycles. The van der Waals surface area contributed by atoms with E-state index in [9.17, 15) is 4.79 Å². The van der Waals surface area contributed by atoms with Gasteiger partial charge in [-0.15, -0.1) is 11.3 Å². The summed E-state index contributed by atoms with van der Waals surface area (Å²) in [6.07, 6.45) is 2.68. The third-order valence-corrected chi connectivity index (χ3v) is 6.36. The van der Waals surface area contributed by atoms with Gasteiger partial charge in [0.25, 0.3) is 0 Å². The Labute approximate surface area is 147 Å². The molecule has 1 saturated carbocycles. The second kappa shape index (κ2) is 7.03. The smallest absolute Gasteiger partial charge is 0.226 e. The molecule has 128 valence electrons. The van der Waals surface area contributed by atoms with Gasteiger partial charge in [-0.05, 0) is 33.1 Å². The van der Waals surface area contributed by atoms with E-state index in [0.29, 0.717) is 0 Å². The highest BCUT2D eigenvalue weighted by Crippen LogP contribution is 2.35. The van der Waals surface area contributed by atoms with E-state index in [0.717, 1.165) is 40.4 Å². The minimum absolute atomic E-state index is 0.0317. The minimum atomic E-state index is 0.0317. The number of nitrogens with zero attached hydrogens (tertiary/aromatic N) is 2. The molecule has 2 N–H and O–H groups in total. The molecule has 5 heteroatoms. The van der Waals surface area contributed by atoms with Gasteiger partial charge in [0, 0.05) is 24.6 Å². The molecule has 3 atom stereocenters. The molecule has 1 aromatic heterocycles. The number of hydrogen-bond donors (Lipinski definition) is 1. The maximum absolute atomic E-state index is 12.7. The third kappa shape index (κ3) is 3.37. The Balaban J connectivity index is 1.78. The van der Waals surface area contributed by atoms with Gasteiger partial charge in [-0.25, -0.2) is 4.98 Å². The molecule has 0 aliphatic heterocycles. The minimum Gasteiger partial charge on any atom is -0.338 e. The van der Waals surface area contributed by atoms with Gasteiger partial charge in [0.2, 0.25) is 5.91 Å². The largest absolute Gasteiger partial charge is 0.338 e. The summed E-state index contributed by atoms with van der Waals surface area (Å²) >= 11 is 1.68. The van der Waals surface area contributed by atoms with E-state index in [-0.39, 0.29) is 23.9 Å². The van der Waals surface area contributed by atoms with E-state index in [1.54, 1.807) is 11.3 Å². The van der Waals surface area contributed by atoms with Gasteiger partial charge in [0.15, 0.2) is 0 Å². The molecule has 0 radical (unpaired) electrons. The maximum atomic E-state index is 12.7. The van der Waals surface area contributed by atoms with Crippen LogP contribution < -0.4 is 5.73 Å². The van der Waals surface area contributed by atoms with Gasteiger partial charge in [-0.1, -0.05) is 30.3 Å². The van der Waals surface area contributed by atoms with Crippen molar-refractivity contribution in [1.82, 2.24) is 9.88 Å². The van der Waals surface area contributed by atoms with Crippen LogP contribution in [0.25, 0.3) is 10.6 Å². The zero-order valence-electron chi connectivity index (χ0n) is 14.5. The first kappa shape index (κ1) is 17.1. The van der Waals surface area contributed by atoms with E-state index >= 15 is 0 Å². The molecular weight excluding hydrogens is 318 g/mol. The van der Waals surface area contributed by atoms with Crippen LogP contribution in [-0.4, -0.2) is 28.9 Å². The van der Waals surface area contributed by atoms with Crippen molar-refractivity contribution in [2.75, 3.05) is 7.05 Å². The van der Waals surface area contributed by atoms with Crippen LogP contribution in [0.3, 0.4) is 0 Å². The molecule has 0 spiro atoms. The van der Waals surface area contributed by atoms with Crippen LogP contribution in [0.2, 0.25) is 0 Å². The first-order valence-corrected chi connectivity index (χ1v) is 9.34. The lowest BCUT2D eigenvalue weighted by Gasteiger charge is -2.27. The molecule has 4 nitrogen and oxygen atoms in total. The Kier molecular flexibility index (Phi) is 5.01. The summed E-state index contributed by atoms with van der Waals surface area (Å²) in [6.45, 7) is 4.11. The predicted octanol–water partition coefficient (Wildman–Crippen LogP) is 3.77. The van der Waals surface area contributed by atoms with Gasteiger partial charge in [-0.3, -0.25) is 4.79 Å². The lowest BCUT2D eigenvalue weighted by atomic mass is 10.1. The number of rotatable bonds is 4. The van der Waals surface area contributed by atoms with Crippen LogP contribution in [0.4, 0.5) is 0 Å². The van der Waals surface area contributed by atoms with Gasteiger partial charge < -0.3 is 10.6 Å². The first-order chi connectivity index (χ1) is 11.5. The summed E-state index contributed by atoms with van der Waals surface area (Å²) in [5.41, 5.74) is 8.10. The predicted molar refractivity (Wildman–Crippen MR) is 98.8 cm³/mol. The van der Waals surface area contributed by atoms with Crippen LogP contribution in [0.15, 0.2) is 30.3 Å². The quantitative estimate of drug-likeness (QED) is 0.919. The van der Waals surface area contributed by atoms with Crippen molar-refractivity contribution >= 4 is 17.2 Å². The molecule has 0 saturated heterocycles. The van der Waals surface area contributed by atoms with Crippen LogP contribution in [-0.2, 0) is 4.79 Å². The van der Waals surface area contributed by atoms with Crippen molar-refractivity contribution in [1.29, 1.82) is 0 Å². The van der Waals surface area contributed by atoms with Crippen LogP contribution in [0.1, 0.15) is 42.8 Å². The van der Waals surface area contributed by atoms with Gasteiger partial charge in [0.1, 0.15) is 5.01 Å². The number of aromatic nitrogens is 1. The highest BCUT2D eigenvalue weighted by atomic mass is 32.1. The fourth-order valence-electron chi connectivity index (χ4n) is 3.40. The highest BCUT2D eigenvalue weighted by Gasteiger charge is 2.32. The number of carbonyl (C=O) groups is 1. The summed E-state index contributed by atoms with van der Waals surface area (Å²) in [6, 6.07) is 10.4. The lowest BCUT2D eigenvalue weighted by Crippen LogP contribution is -2.34. The zero-order chi connectivity index (χ0) is 17.3. The zero-order valence-corrected chi connectivity index (χ0v) is 15.3. The van der Waals surface area contributed by atoms with Gasteiger partial charge in [0.05, 0.1) is 16.6 Å². The summed E-state index contributed by atoms with van der Waals surface area (Å²) in [4.78, 5) is 20.5. The van der Waals surface area contributed by atoms with Crippen molar-refractivity contribution in [2.45, 2.75) is 45.2 Å². The number of hydrogen-bond acceptors (Lipinski definition) is 4. The van der Waals surface area contributed by atoms with E-state index in [1.807, 2.05) is 37.1 Å². The summed E-state index contributed by atoms with van der Waals surface area (Å²) < 4.78 is 0. The summed E-state index contributed by atoms with van der Waals surface area (Å²) in [5, 5.41) is 1.01. The lowest BCUT2D eigenvalue weighted by molar-refractivity contribution is -0.135. The number of aryl methyl sites for hydroxylation is 1. The Morgan fingerprint density at radius 3 is 2.67 bits per heavy atom. The average Bonchev–Trinajstić information content (AvgIpc) is 3.19. The molecule has 2 aromatic rings. The van der Waals surface area contributed by atoms with Crippen LogP contribution >= 0.6 is 11.3 Å². The Bertz CT molecular complexity index is 713.